The summed E-state index contributed by atoms with van der Waals surface area (Å²) in [5, 5.41) is 20.6. The zero-order valence-corrected chi connectivity index (χ0v) is 12.1. The lowest BCUT2D eigenvalue weighted by molar-refractivity contribution is -0.384. The molecule has 0 aliphatic heterocycles. The van der Waals surface area contributed by atoms with Gasteiger partial charge in [-0.1, -0.05) is 25.1 Å². The molecule has 6 heteroatoms. The van der Waals surface area contributed by atoms with Crippen molar-refractivity contribution in [3.63, 3.8) is 0 Å². The van der Waals surface area contributed by atoms with E-state index in [0.717, 1.165) is 12.0 Å². The average Bonchev–Trinajstić information content (AvgIpc) is 2.92. The molecule has 2 aromatic heterocycles. The maximum absolute atomic E-state index is 10.9. The van der Waals surface area contributed by atoms with Gasteiger partial charge >= 0.3 is 0 Å². The van der Waals surface area contributed by atoms with E-state index in [4.69, 9.17) is 0 Å². The fourth-order valence-corrected chi connectivity index (χ4v) is 2.50. The lowest BCUT2D eigenvalue weighted by atomic mass is 10.1. The van der Waals surface area contributed by atoms with Crippen LogP contribution in [-0.4, -0.2) is 19.4 Å². The van der Waals surface area contributed by atoms with Crippen LogP contribution < -0.4 is 0 Å². The Morgan fingerprint density at radius 3 is 2.82 bits per heavy atom. The van der Waals surface area contributed by atoms with Crippen LogP contribution >= 0.6 is 0 Å². The molecule has 6 nitrogen and oxygen atoms in total. The van der Waals surface area contributed by atoms with Crippen molar-refractivity contribution >= 4 is 11.3 Å². The number of hydrogen-bond acceptors (Lipinski definition) is 4. The standard InChI is InChI=1S/C16H15N3O3/c1-2-11-6-7-15-17-16(14(10-20)18(15)9-11)12-4-3-5-13(8-12)19(21)22/h3-9,20H,2,10H2,1H3. The molecule has 22 heavy (non-hydrogen) atoms. The van der Waals surface area contributed by atoms with Gasteiger partial charge < -0.3 is 9.51 Å². The average molecular weight is 297 g/mol. The number of nitro groups is 1. The highest BCUT2D eigenvalue weighted by atomic mass is 16.6. The summed E-state index contributed by atoms with van der Waals surface area (Å²) in [6, 6.07) is 10.2. The van der Waals surface area contributed by atoms with Crippen molar-refractivity contribution in [1.82, 2.24) is 9.38 Å². The van der Waals surface area contributed by atoms with E-state index in [1.54, 1.807) is 12.1 Å². The van der Waals surface area contributed by atoms with Crippen LogP contribution in [0.2, 0.25) is 0 Å². The van der Waals surface area contributed by atoms with Crippen LogP contribution in [-0.2, 0) is 13.0 Å². The second-order valence-electron chi connectivity index (χ2n) is 4.99. The Morgan fingerprint density at radius 1 is 1.32 bits per heavy atom. The zero-order chi connectivity index (χ0) is 15.7. The monoisotopic (exact) mass is 297 g/mol. The number of hydrogen-bond donors (Lipinski definition) is 1. The summed E-state index contributed by atoms with van der Waals surface area (Å²) in [4.78, 5) is 15.0. The lowest BCUT2D eigenvalue weighted by Crippen LogP contribution is -1.96. The van der Waals surface area contributed by atoms with E-state index in [2.05, 4.69) is 11.9 Å². The molecule has 3 aromatic rings. The maximum Gasteiger partial charge on any atom is 0.270 e. The highest BCUT2D eigenvalue weighted by molar-refractivity contribution is 5.68. The van der Waals surface area contributed by atoms with Gasteiger partial charge in [-0.25, -0.2) is 4.98 Å². The van der Waals surface area contributed by atoms with Gasteiger partial charge in [-0.2, -0.15) is 0 Å². The molecule has 0 bridgehead atoms. The number of rotatable bonds is 4. The van der Waals surface area contributed by atoms with E-state index < -0.39 is 4.92 Å². The maximum atomic E-state index is 10.9. The molecule has 0 amide bonds. The van der Waals surface area contributed by atoms with Gasteiger partial charge in [-0.3, -0.25) is 10.1 Å². The van der Waals surface area contributed by atoms with Gasteiger partial charge in [-0.15, -0.1) is 0 Å². The Kier molecular flexibility index (Phi) is 3.60. The molecule has 0 aliphatic carbocycles. The van der Waals surface area contributed by atoms with Crippen LogP contribution in [0, 0.1) is 10.1 Å². The van der Waals surface area contributed by atoms with E-state index >= 15 is 0 Å². The smallest absolute Gasteiger partial charge is 0.270 e. The van der Waals surface area contributed by atoms with Gasteiger partial charge in [-0.05, 0) is 18.1 Å². The molecule has 0 fully saturated rings. The summed E-state index contributed by atoms with van der Waals surface area (Å²) in [5.41, 5.74) is 3.67. The number of pyridine rings is 1. The number of benzene rings is 1. The normalized spacial score (nSPS) is 11.0. The van der Waals surface area contributed by atoms with Crippen molar-refractivity contribution in [2.24, 2.45) is 0 Å². The largest absolute Gasteiger partial charge is 0.390 e. The zero-order valence-electron chi connectivity index (χ0n) is 12.1. The molecular formula is C16H15N3O3. The Balaban J connectivity index is 2.22. The number of nitro benzene ring substituents is 1. The number of fused-ring (bicyclic) bond motifs is 1. The van der Waals surface area contributed by atoms with Crippen LogP contribution in [0.1, 0.15) is 18.2 Å². The molecular weight excluding hydrogens is 282 g/mol. The summed E-state index contributed by atoms with van der Waals surface area (Å²) < 4.78 is 1.84. The second kappa shape index (κ2) is 5.57. The molecule has 1 aromatic carbocycles. The summed E-state index contributed by atoms with van der Waals surface area (Å²) in [6.07, 6.45) is 2.82. The Hall–Kier alpha value is -2.73. The number of aliphatic hydroxyl groups is 1. The Labute approximate surface area is 126 Å². The highest BCUT2D eigenvalue weighted by Gasteiger charge is 2.16. The highest BCUT2D eigenvalue weighted by Crippen LogP contribution is 2.27. The van der Waals surface area contributed by atoms with E-state index in [1.165, 1.54) is 12.1 Å². The van der Waals surface area contributed by atoms with E-state index in [0.29, 0.717) is 22.6 Å². The number of non-ortho nitro benzene ring substituents is 1. The summed E-state index contributed by atoms with van der Waals surface area (Å²) >= 11 is 0. The molecule has 0 atom stereocenters. The van der Waals surface area contributed by atoms with Crippen molar-refractivity contribution in [3.8, 4) is 11.3 Å². The third-order valence-electron chi connectivity index (χ3n) is 3.67. The van der Waals surface area contributed by atoms with Crippen molar-refractivity contribution < 1.29 is 10.0 Å². The topological polar surface area (TPSA) is 80.7 Å². The minimum atomic E-state index is -0.437. The minimum Gasteiger partial charge on any atom is -0.390 e. The number of imidazole rings is 1. The summed E-state index contributed by atoms with van der Waals surface area (Å²) in [6.45, 7) is 1.87. The molecule has 112 valence electrons. The third-order valence-corrected chi connectivity index (χ3v) is 3.67. The van der Waals surface area contributed by atoms with Crippen molar-refractivity contribution in [3.05, 3.63) is 64.0 Å². The van der Waals surface area contributed by atoms with Crippen LogP contribution in [0.3, 0.4) is 0 Å². The first-order valence-corrected chi connectivity index (χ1v) is 6.99. The van der Waals surface area contributed by atoms with Gasteiger partial charge in [0, 0.05) is 23.9 Å². The number of aliphatic hydroxyl groups excluding tert-OH is 1. The molecule has 0 aliphatic rings. The first kappa shape index (κ1) is 14.2. The fraction of sp³-hybridized carbons (Fsp3) is 0.188. The van der Waals surface area contributed by atoms with Gasteiger partial charge in [0.25, 0.3) is 5.69 Å². The van der Waals surface area contributed by atoms with Crippen molar-refractivity contribution in [2.45, 2.75) is 20.0 Å². The number of aromatic nitrogens is 2. The lowest BCUT2D eigenvalue weighted by Gasteiger charge is -2.03. The van der Waals surface area contributed by atoms with Crippen LogP contribution in [0.15, 0.2) is 42.6 Å². The number of aryl methyl sites for hydroxylation is 1. The first-order chi connectivity index (χ1) is 10.6. The van der Waals surface area contributed by atoms with Crippen LogP contribution in [0.4, 0.5) is 5.69 Å². The first-order valence-electron chi connectivity index (χ1n) is 6.99. The molecule has 0 saturated heterocycles. The number of nitrogens with zero attached hydrogens (tertiary/aromatic N) is 3. The predicted octanol–water partition coefficient (Wildman–Crippen LogP) is 2.96. The molecule has 0 radical (unpaired) electrons. The van der Waals surface area contributed by atoms with Crippen molar-refractivity contribution in [1.29, 1.82) is 0 Å². The fourth-order valence-electron chi connectivity index (χ4n) is 2.50. The van der Waals surface area contributed by atoms with E-state index in [1.807, 2.05) is 22.7 Å². The minimum absolute atomic E-state index is 0.00712. The Bertz CT molecular complexity index is 855. The quantitative estimate of drug-likeness (QED) is 0.593. The molecule has 0 saturated carbocycles. The Morgan fingerprint density at radius 2 is 2.14 bits per heavy atom. The van der Waals surface area contributed by atoms with Crippen molar-refractivity contribution in [2.75, 3.05) is 0 Å². The molecule has 1 N–H and O–H groups in total. The van der Waals surface area contributed by atoms with Crippen LogP contribution in [0.25, 0.3) is 16.9 Å². The van der Waals surface area contributed by atoms with Gasteiger partial charge in [0.2, 0.25) is 0 Å². The van der Waals surface area contributed by atoms with E-state index in [-0.39, 0.29) is 12.3 Å². The molecule has 0 unspecified atom stereocenters. The van der Waals surface area contributed by atoms with Gasteiger partial charge in [0.1, 0.15) is 5.65 Å². The molecule has 2 heterocycles. The van der Waals surface area contributed by atoms with Crippen LogP contribution in [0.5, 0.6) is 0 Å². The SMILES string of the molecule is CCc1ccc2nc(-c3cccc([N+](=O)[O-])c3)c(CO)n2c1. The molecule has 0 spiro atoms. The molecule has 3 rings (SSSR count). The van der Waals surface area contributed by atoms with E-state index in [9.17, 15) is 15.2 Å². The third kappa shape index (κ3) is 2.33. The van der Waals surface area contributed by atoms with Gasteiger partial charge in [0.05, 0.1) is 22.9 Å². The second-order valence-corrected chi connectivity index (χ2v) is 4.99. The summed E-state index contributed by atoms with van der Waals surface area (Å²) in [7, 11) is 0. The van der Waals surface area contributed by atoms with Gasteiger partial charge in [0.15, 0.2) is 0 Å². The predicted molar refractivity (Wildman–Crippen MR) is 82.6 cm³/mol. The summed E-state index contributed by atoms with van der Waals surface area (Å²) in [5.74, 6) is 0.